The van der Waals surface area contributed by atoms with Gasteiger partial charge in [-0.3, -0.25) is 4.79 Å². The van der Waals surface area contributed by atoms with Crippen LogP contribution in [0.5, 0.6) is 0 Å². The van der Waals surface area contributed by atoms with Crippen LogP contribution in [0.2, 0.25) is 0 Å². The Morgan fingerprint density at radius 2 is 1.95 bits per heavy atom. The van der Waals surface area contributed by atoms with Crippen LogP contribution in [0.15, 0.2) is 18.3 Å². The third kappa shape index (κ3) is 6.12. The van der Waals surface area contributed by atoms with Crippen LogP contribution in [0.4, 0.5) is 5.82 Å². The van der Waals surface area contributed by atoms with E-state index < -0.39 is 0 Å². The lowest BCUT2D eigenvalue weighted by Gasteiger charge is -2.20. The Morgan fingerprint density at radius 1 is 1.24 bits per heavy atom. The Bertz CT molecular complexity index is 428. The van der Waals surface area contributed by atoms with Crippen LogP contribution in [0.25, 0.3) is 0 Å². The van der Waals surface area contributed by atoms with E-state index in [0.29, 0.717) is 11.6 Å². The molecule has 0 unspecified atom stereocenters. The van der Waals surface area contributed by atoms with E-state index in [2.05, 4.69) is 36.1 Å². The number of carbonyl (C=O) groups excluding carboxylic acids is 1. The Kier molecular flexibility index (Phi) is 7.15. The Balaban J connectivity index is 2.29. The van der Waals surface area contributed by atoms with Crippen LogP contribution < -0.4 is 5.32 Å². The van der Waals surface area contributed by atoms with Gasteiger partial charge in [0.15, 0.2) is 0 Å². The van der Waals surface area contributed by atoms with E-state index in [-0.39, 0.29) is 5.91 Å². The monoisotopic (exact) mass is 292 g/mol. The number of aromatic nitrogens is 1. The number of pyridine rings is 1. The summed E-state index contributed by atoms with van der Waals surface area (Å²) in [4.78, 5) is 19.9. The molecule has 21 heavy (non-hydrogen) atoms. The van der Waals surface area contributed by atoms with Crippen LogP contribution in [-0.2, 0) is 0 Å². The number of anilines is 1. The van der Waals surface area contributed by atoms with Crippen molar-refractivity contribution in [2.24, 2.45) is 0 Å². The minimum atomic E-state index is -0.0224. The van der Waals surface area contributed by atoms with Gasteiger partial charge in [-0.2, -0.15) is 0 Å². The van der Waals surface area contributed by atoms with Crippen molar-refractivity contribution < 1.29 is 4.79 Å². The zero-order valence-electron chi connectivity index (χ0n) is 13.9. The molecule has 1 amide bonds. The maximum absolute atomic E-state index is 11.7. The van der Waals surface area contributed by atoms with Gasteiger partial charge >= 0.3 is 0 Å². The molecule has 0 spiro atoms. The fraction of sp³-hybridized carbons (Fsp3) is 0.625. The number of carbonyl (C=O) groups is 1. The molecule has 0 aliphatic rings. The number of hydrogen-bond donors (Lipinski definition) is 1. The third-order valence-electron chi connectivity index (χ3n) is 3.54. The molecule has 0 aliphatic carbocycles. The van der Waals surface area contributed by atoms with E-state index in [0.717, 1.165) is 25.3 Å². The first kappa shape index (κ1) is 17.4. The summed E-state index contributed by atoms with van der Waals surface area (Å²) in [7, 11) is 5.63. The number of rotatable bonds is 8. The van der Waals surface area contributed by atoms with Gasteiger partial charge in [-0.15, -0.1) is 0 Å². The normalized spacial score (nSPS) is 11.0. The lowest BCUT2D eigenvalue weighted by molar-refractivity contribution is 0.0827. The number of nitrogens with zero attached hydrogens (tertiary/aromatic N) is 3. The molecule has 0 saturated carbocycles. The van der Waals surface area contributed by atoms with Gasteiger partial charge in [-0.1, -0.05) is 0 Å². The maximum Gasteiger partial charge on any atom is 0.254 e. The number of hydrogen-bond acceptors (Lipinski definition) is 4. The van der Waals surface area contributed by atoms with Crippen LogP contribution in [0.1, 0.15) is 37.0 Å². The predicted octanol–water partition coefficient (Wildman–Crippen LogP) is 2.32. The molecule has 0 aliphatic heterocycles. The highest BCUT2D eigenvalue weighted by Gasteiger charge is 2.07. The summed E-state index contributed by atoms with van der Waals surface area (Å²) in [6, 6.07) is 4.27. The molecule has 5 nitrogen and oxygen atoms in total. The van der Waals surface area contributed by atoms with Gasteiger partial charge in [0.2, 0.25) is 0 Å². The van der Waals surface area contributed by atoms with Crippen LogP contribution in [-0.4, -0.2) is 61.0 Å². The topological polar surface area (TPSA) is 48.5 Å². The van der Waals surface area contributed by atoms with Crippen molar-refractivity contribution in [3.05, 3.63) is 23.9 Å². The summed E-state index contributed by atoms with van der Waals surface area (Å²) in [6.07, 6.45) is 3.90. The van der Waals surface area contributed by atoms with Crippen LogP contribution in [0, 0.1) is 0 Å². The zero-order valence-corrected chi connectivity index (χ0v) is 13.9. The second-order valence-corrected chi connectivity index (χ2v) is 5.84. The highest BCUT2D eigenvalue weighted by Crippen LogP contribution is 2.07. The second kappa shape index (κ2) is 8.62. The third-order valence-corrected chi connectivity index (χ3v) is 3.54. The van der Waals surface area contributed by atoms with E-state index in [1.807, 2.05) is 12.1 Å². The summed E-state index contributed by atoms with van der Waals surface area (Å²) in [5.41, 5.74) is 0.615. The fourth-order valence-corrected chi connectivity index (χ4v) is 1.84. The van der Waals surface area contributed by atoms with Crippen molar-refractivity contribution in [2.45, 2.75) is 32.7 Å². The average molecular weight is 292 g/mol. The van der Waals surface area contributed by atoms with Gasteiger partial charge in [-0.25, -0.2) is 4.98 Å². The summed E-state index contributed by atoms with van der Waals surface area (Å²) < 4.78 is 0. The van der Waals surface area contributed by atoms with E-state index in [9.17, 15) is 4.79 Å². The molecule has 5 heteroatoms. The summed E-state index contributed by atoms with van der Waals surface area (Å²) in [6.45, 7) is 6.43. The molecular weight excluding hydrogens is 264 g/mol. The van der Waals surface area contributed by atoms with E-state index in [1.54, 1.807) is 25.2 Å². The summed E-state index contributed by atoms with van der Waals surface area (Å²) in [5.74, 6) is 0.799. The Hall–Kier alpha value is -1.62. The zero-order chi connectivity index (χ0) is 15.8. The van der Waals surface area contributed by atoms with Gasteiger partial charge in [0.25, 0.3) is 5.91 Å². The van der Waals surface area contributed by atoms with E-state index in [1.165, 1.54) is 6.42 Å². The van der Waals surface area contributed by atoms with E-state index >= 15 is 0 Å². The van der Waals surface area contributed by atoms with Crippen molar-refractivity contribution in [2.75, 3.05) is 39.5 Å². The molecule has 0 radical (unpaired) electrons. The molecule has 0 aromatic carbocycles. The molecule has 118 valence electrons. The number of nitrogens with one attached hydrogen (secondary N) is 1. The summed E-state index contributed by atoms with van der Waals surface area (Å²) >= 11 is 0. The van der Waals surface area contributed by atoms with Gasteiger partial charge in [0.1, 0.15) is 5.82 Å². The molecule has 0 saturated heterocycles. The lowest BCUT2D eigenvalue weighted by atomic mass is 10.2. The molecule has 1 heterocycles. The highest BCUT2D eigenvalue weighted by molar-refractivity contribution is 5.93. The van der Waals surface area contributed by atoms with Gasteiger partial charge in [-0.05, 0) is 52.4 Å². The van der Waals surface area contributed by atoms with Crippen molar-refractivity contribution in [1.82, 2.24) is 14.8 Å². The van der Waals surface area contributed by atoms with E-state index in [4.69, 9.17) is 0 Å². The number of unbranched alkanes of at least 4 members (excludes halogenated alkanes) is 1. The minimum absolute atomic E-state index is 0.0224. The fourth-order valence-electron chi connectivity index (χ4n) is 1.84. The standard InChI is InChI=1S/C16H28N4O/c1-13(2)20(5)11-7-6-10-17-15-9-8-14(12-18-15)16(21)19(3)4/h8-9,12-13H,6-7,10-11H2,1-5H3,(H,17,18). The number of amides is 1. The molecule has 0 atom stereocenters. The van der Waals surface area contributed by atoms with Crippen LogP contribution in [0.3, 0.4) is 0 Å². The quantitative estimate of drug-likeness (QED) is 0.747. The molecular formula is C16H28N4O. The van der Waals surface area contributed by atoms with Crippen molar-refractivity contribution in [3.63, 3.8) is 0 Å². The average Bonchev–Trinajstić information content (AvgIpc) is 2.46. The first-order valence-electron chi connectivity index (χ1n) is 7.53. The van der Waals surface area contributed by atoms with Crippen LogP contribution >= 0.6 is 0 Å². The Labute approximate surface area is 128 Å². The molecule has 0 bridgehead atoms. The summed E-state index contributed by atoms with van der Waals surface area (Å²) in [5, 5.41) is 3.29. The molecule has 1 N–H and O–H groups in total. The predicted molar refractivity (Wildman–Crippen MR) is 87.7 cm³/mol. The van der Waals surface area contributed by atoms with Crippen molar-refractivity contribution in [1.29, 1.82) is 0 Å². The first-order chi connectivity index (χ1) is 9.91. The van der Waals surface area contributed by atoms with Crippen molar-refractivity contribution in [3.8, 4) is 0 Å². The maximum atomic E-state index is 11.7. The molecule has 1 aromatic heterocycles. The van der Waals surface area contributed by atoms with Gasteiger partial charge < -0.3 is 15.1 Å². The SMILES string of the molecule is CC(C)N(C)CCCCNc1ccc(C(=O)N(C)C)cn1. The molecule has 0 fully saturated rings. The first-order valence-corrected chi connectivity index (χ1v) is 7.53. The lowest BCUT2D eigenvalue weighted by Crippen LogP contribution is -2.27. The van der Waals surface area contributed by atoms with Gasteiger partial charge in [0, 0.05) is 32.9 Å². The largest absolute Gasteiger partial charge is 0.370 e. The smallest absolute Gasteiger partial charge is 0.254 e. The Morgan fingerprint density at radius 3 is 2.48 bits per heavy atom. The second-order valence-electron chi connectivity index (χ2n) is 5.84. The molecule has 1 aromatic rings. The minimum Gasteiger partial charge on any atom is -0.370 e. The van der Waals surface area contributed by atoms with Gasteiger partial charge in [0.05, 0.1) is 5.56 Å². The van der Waals surface area contributed by atoms with Crippen molar-refractivity contribution >= 4 is 11.7 Å². The highest BCUT2D eigenvalue weighted by atomic mass is 16.2. The molecule has 1 rings (SSSR count).